The Bertz CT molecular complexity index is 1110. The van der Waals surface area contributed by atoms with E-state index in [2.05, 4.69) is 24.1 Å². The average Bonchev–Trinajstić information content (AvgIpc) is 2.76. The van der Waals surface area contributed by atoms with Crippen LogP contribution in [-0.4, -0.2) is 27.5 Å². The van der Waals surface area contributed by atoms with Gasteiger partial charge in [-0.2, -0.15) is 0 Å². The predicted octanol–water partition coefficient (Wildman–Crippen LogP) is 3.91. The Morgan fingerprint density at radius 1 is 0.967 bits per heavy atom. The van der Waals surface area contributed by atoms with Crippen molar-refractivity contribution in [2.45, 2.75) is 36.8 Å². The monoisotopic (exact) mass is 422 g/mol. The minimum Gasteiger partial charge on any atom is -0.507 e. The molecule has 0 radical (unpaired) electrons. The first-order valence-electron chi connectivity index (χ1n) is 10.0. The number of hydrogen-bond donors (Lipinski definition) is 3. The van der Waals surface area contributed by atoms with Crippen LogP contribution >= 0.6 is 0 Å². The Morgan fingerprint density at radius 3 is 2.53 bits per heavy atom. The lowest BCUT2D eigenvalue weighted by molar-refractivity contribution is 0.275. The lowest BCUT2D eigenvalue weighted by Crippen LogP contribution is -2.32. The van der Waals surface area contributed by atoms with Gasteiger partial charge in [-0.25, -0.2) is 4.21 Å². The summed E-state index contributed by atoms with van der Waals surface area (Å²) in [6.45, 7) is 5.85. The molecule has 3 aromatic carbocycles. The molecule has 0 fully saturated rings. The minimum absolute atomic E-state index is 0.142. The van der Waals surface area contributed by atoms with Gasteiger partial charge in [-0.1, -0.05) is 36.4 Å². The van der Waals surface area contributed by atoms with Gasteiger partial charge in [0.1, 0.15) is 5.75 Å². The summed E-state index contributed by atoms with van der Waals surface area (Å²) in [5, 5.41) is 23.0. The van der Waals surface area contributed by atoms with Gasteiger partial charge in [0, 0.05) is 30.8 Å². The number of aryl methyl sites for hydroxylation is 1. The molecule has 1 aliphatic rings. The van der Waals surface area contributed by atoms with E-state index in [0.717, 1.165) is 32.3 Å². The van der Waals surface area contributed by atoms with Crippen LogP contribution in [-0.2, 0) is 24.0 Å². The molecule has 3 N–H and O–H groups in total. The standard InChI is InChI=1S/C24H26N2O3S/c1-16-10-11-22-23(17(16)2)26(20-8-3-4-9-21(20)30(22)29)13-12-25-14-18-6-5-7-19(15-27)24(18)28/h3-11,25,27-28H,12-15H2,1-2H3. The zero-order chi connectivity index (χ0) is 21.3. The summed E-state index contributed by atoms with van der Waals surface area (Å²) in [7, 11) is -1.19. The lowest BCUT2D eigenvalue weighted by atomic mass is 10.1. The van der Waals surface area contributed by atoms with E-state index < -0.39 is 10.8 Å². The van der Waals surface area contributed by atoms with Gasteiger partial charge in [-0.05, 0) is 43.2 Å². The fraction of sp³-hybridized carbons (Fsp3) is 0.250. The zero-order valence-electron chi connectivity index (χ0n) is 17.2. The third-order valence-corrected chi connectivity index (χ3v) is 7.16. The Balaban J connectivity index is 1.57. The fourth-order valence-corrected chi connectivity index (χ4v) is 5.34. The molecule has 1 atom stereocenters. The van der Waals surface area contributed by atoms with Crippen molar-refractivity contribution in [3.05, 3.63) is 76.9 Å². The first kappa shape index (κ1) is 20.6. The number of aliphatic hydroxyl groups excluding tert-OH is 1. The number of aliphatic hydroxyl groups is 1. The van der Waals surface area contributed by atoms with Crippen LogP contribution in [0.15, 0.2) is 64.4 Å². The van der Waals surface area contributed by atoms with Crippen LogP contribution in [0.4, 0.5) is 11.4 Å². The normalized spacial score (nSPS) is 15.0. The third kappa shape index (κ3) is 3.62. The van der Waals surface area contributed by atoms with Gasteiger partial charge in [0.2, 0.25) is 0 Å². The van der Waals surface area contributed by atoms with E-state index in [-0.39, 0.29) is 12.4 Å². The molecule has 6 heteroatoms. The number of aromatic hydroxyl groups is 1. The maximum absolute atomic E-state index is 13.2. The number of para-hydroxylation sites is 2. The van der Waals surface area contributed by atoms with Crippen molar-refractivity contribution in [1.82, 2.24) is 5.32 Å². The Kier molecular flexibility index (Phi) is 5.90. The highest BCUT2D eigenvalue weighted by molar-refractivity contribution is 7.85. The smallest absolute Gasteiger partial charge is 0.125 e. The van der Waals surface area contributed by atoms with Crippen LogP contribution in [0.2, 0.25) is 0 Å². The second kappa shape index (κ2) is 8.60. The van der Waals surface area contributed by atoms with E-state index in [9.17, 15) is 14.4 Å². The molecular formula is C24H26N2O3S. The van der Waals surface area contributed by atoms with Crippen LogP contribution in [0.1, 0.15) is 22.3 Å². The molecule has 0 aromatic heterocycles. The number of rotatable bonds is 6. The third-order valence-electron chi connectivity index (χ3n) is 5.69. The summed E-state index contributed by atoms with van der Waals surface area (Å²) in [6, 6.07) is 17.3. The van der Waals surface area contributed by atoms with E-state index in [1.807, 2.05) is 48.5 Å². The molecule has 0 saturated carbocycles. The molecule has 1 unspecified atom stereocenters. The highest BCUT2D eigenvalue weighted by Crippen LogP contribution is 2.44. The van der Waals surface area contributed by atoms with Crippen LogP contribution in [0, 0.1) is 13.8 Å². The van der Waals surface area contributed by atoms with Crippen molar-refractivity contribution in [3.8, 4) is 5.75 Å². The van der Waals surface area contributed by atoms with Crippen LogP contribution in [0.25, 0.3) is 0 Å². The minimum atomic E-state index is -1.19. The van der Waals surface area contributed by atoms with Crippen LogP contribution in [0.5, 0.6) is 5.75 Å². The topological polar surface area (TPSA) is 72.8 Å². The second-order valence-electron chi connectivity index (χ2n) is 7.50. The Morgan fingerprint density at radius 2 is 1.73 bits per heavy atom. The fourth-order valence-electron chi connectivity index (χ4n) is 3.90. The van der Waals surface area contributed by atoms with Crippen molar-refractivity contribution < 1.29 is 14.4 Å². The van der Waals surface area contributed by atoms with E-state index >= 15 is 0 Å². The SMILES string of the molecule is Cc1ccc2c(c1C)N(CCNCc1cccc(CO)c1O)c1ccccc1S2=O. The quantitative estimate of drug-likeness (QED) is 0.526. The predicted molar refractivity (Wildman–Crippen MR) is 120 cm³/mol. The number of fused-ring (bicyclic) bond motifs is 2. The summed E-state index contributed by atoms with van der Waals surface area (Å²) in [5.74, 6) is 0.142. The molecule has 5 nitrogen and oxygen atoms in total. The summed E-state index contributed by atoms with van der Waals surface area (Å²) in [5.41, 5.74) is 5.61. The van der Waals surface area contributed by atoms with Crippen molar-refractivity contribution in [3.63, 3.8) is 0 Å². The first-order valence-corrected chi connectivity index (χ1v) is 11.2. The van der Waals surface area contributed by atoms with Gasteiger partial charge in [0.05, 0.1) is 38.6 Å². The number of benzene rings is 3. The number of phenols is 1. The molecular weight excluding hydrogens is 396 g/mol. The first-order chi connectivity index (χ1) is 14.5. The highest BCUT2D eigenvalue weighted by atomic mass is 32.2. The number of anilines is 2. The van der Waals surface area contributed by atoms with Crippen molar-refractivity contribution in [1.29, 1.82) is 0 Å². The van der Waals surface area contributed by atoms with E-state index in [1.54, 1.807) is 6.07 Å². The maximum atomic E-state index is 13.2. The van der Waals surface area contributed by atoms with Gasteiger partial charge in [-0.3, -0.25) is 0 Å². The second-order valence-corrected chi connectivity index (χ2v) is 8.92. The Labute approximate surface area is 179 Å². The lowest BCUT2D eigenvalue weighted by Gasteiger charge is -2.34. The van der Waals surface area contributed by atoms with Gasteiger partial charge in [-0.15, -0.1) is 0 Å². The van der Waals surface area contributed by atoms with Crippen molar-refractivity contribution in [2.24, 2.45) is 0 Å². The number of nitrogens with one attached hydrogen (secondary N) is 1. The van der Waals surface area contributed by atoms with Crippen molar-refractivity contribution >= 4 is 22.2 Å². The van der Waals surface area contributed by atoms with E-state index in [4.69, 9.17) is 0 Å². The van der Waals surface area contributed by atoms with E-state index in [0.29, 0.717) is 25.2 Å². The molecule has 30 heavy (non-hydrogen) atoms. The van der Waals surface area contributed by atoms with Crippen molar-refractivity contribution in [2.75, 3.05) is 18.0 Å². The summed E-state index contributed by atoms with van der Waals surface area (Å²) in [6.07, 6.45) is 0. The van der Waals surface area contributed by atoms with E-state index in [1.165, 1.54) is 5.56 Å². The average molecular weight is 423 g/mol. The van der Waals surface area contributed by atoms with Gasteiger partial charge in [0.25, 0.3) is 0 Å². The largest absolute Gasteiger partial charge is 0.507 e. The van der Waals surface area contributed by atoms with Crippen LogP contribution in [0.3, 0.4) is 0 Å². The highest BCUT2D eigenvalue weighted by Gasteiger charge is 2.29. The summed E-state index contributed by atoms with van der Waals surface area (Å²) < 4.78 is 13.2. The van der Waals surface area contributed by atoms with Gasteiger partial charge >= 0.3 is 0 Å². The molecule has 156 valence electrons. The molecule has 0 saturated heterocycles. The van der Waals surface area contributed by atoms with Crippen LogP contribution < -0.4 is 10.2 Å². The summed E-state index contributed by atoms with van der Waals surface area (Å²) in [4.78, 5) is 3.93. The molecule has 0 bridgehead atoms. The molecule has 1 heterocycles. The van der Waals surface area contributed by atoms with Gasteiger partial charge in [0.15, 0.2) is 0 Å². The molecule has 1 aliphatic heterocycles. The Hall–Kier alpha value is -2.67. The molecule has 4 rings (SSSR count). The molecule has 0 aliphatic carbocycles. The summed E-state index contributed by atoms with van der Waals surface area (Å²) >= 11 is 0. The maximum Gasteiger partial charge on any atom is 0.125 e. The molecule has 0 amide bonds. The zero-order valence-corrected chi connectivity index (χ0v) is 18.0. The molecule has 0 spiro atoms. The molecule has 3 aromatic rings. The number of hydrogen-bond acceptors (Lipinski definition) is 5. The van der Waals surface area contributed by atoms with Gasteiger partial charge < -0.3 is 20.4 Å². The number of nitrogens with zero attached hydrogens (tertiary/aromatic N) is 1.